The summed E-state index contributed by atoms with van der Waals surface area (Å²) in [5, 5.41) is 10.8. The molecule has 1 saturated heterocycles. The Labute approximate surface area is 194 Å². The van der Waals surface area contributed by atoms with Gasteiger partial charge in [0.15, 0.2) is 5.76 Å². The Morgan fingerprint density at radius 1 is 1.00 bits per heavy atom. The van der Waals surface area contributed by atoms with Crippen LogP contribution in [0.25, 0.3) is 11.3 Å². The van der Waals surface area contributed by atoms with Crippen LogP contribution in [0.1, 0.15) is 22.2 Å². The molecule has 2 aromatic carbocycles. The first-order chi connectivity index (χ1) is 16.4. The van der Waals surface area contributed by atoms with Crippen LogP contribution in [0.4, 0.5) is 10.1 Å². The molecule has 1 aliphatic rings. The van der Waals surface area contributed by atoms with Crippen molar-refractivity contribution in [2.45, 2.75) is 6.04 Å². The fourth-order valence-corrected chi connectivity index (χ4v) is 3.95. The Kier molecular flexibility index (Phi) is 6.69. The van der Waals surface area contributed by atoms with Gasteiger partial charge in [0.2, 0.25) is 0 Å². The van der Waals surface area contributed by atoms with Crippen molar-refractivity contribution in [3.63, 3.8) is 0 Å². The molecule has 1 atom stereocenters. The number of carbonyl (C=O) groups excluding carboxylic acids is 2. The van der Waals surface area contributed by atoms with Crippen molar-refractivity contribution in [3.8, 4) is 11.3 Å². The van der Waals surface area contributed by atoms with E-state index in [4.69, 9.17) is 9.15 Å². The molecular weight excluding hydrogens is 445 g/mol. The fraction of sp³-hybridized carbons (Fsp3) is 0.250. The first kappa shape index (κ1) is 23.1. The summed E-state index contributed by atoms with van der Waals surface area (Å²) in [5.41, 5.74) is 1.21. The van der Waals surface area contributed by atoms with E-state index in [1.165, 1.54) is 31.4 Å². The molecule has 0 saturated carbocycles. The SMILES string of the molecule is COC(=O)[C@@H](c1ccc(F)cc1)N1CCN(C(=O)c2ccc(-c3ccc([N+](=O)[O-])cc3)o2)CC1. The number of furan rings is 1. The number of esters is 1. The van der Waals surface area contributed by atoms with Gasteiger partial charge in [-0.15, -0.1) is 0 Å². The summed E-state index contributed by atoms with van der Waals surface area (Å²) in [6, 6.07) is 14.1. The third-order valence-electron chi connectivity index (χ3n) is 5.76. The van der Waals surface area contributed by atoms with Crippen LogP contribution < -0.4 is 0 Å². The Hall–Kier alpha value is -4.05. The summed E-state index contributed by atoms with van der Waals surface area (Å²) in [4.78, 5) is 39.3. The van der Waals surface area contributed by atoms with E-state index in [1.807, 2.05) is 4.90 Å². The molecule has 10 heteroatoms. The number of carbonyl (C=O) groups is 2. The normalized spacial score (nSPS) is 15.1. The zero-order valence-corrected chi connectivity index (χ0v) is 18.3. The molecule has 1 aliphatic heterocycles. The Morgan fingerprint density at radius 3 is 2.24 bits per heavy atom. The van der Waals surface area contributed by atoms with E-state index < -0.39 is 22.8 Å². The Balaban J connectivity index is 1.42. The van der Waals surface area contributed by atoms with Crippen molar-refractivity contribution in [1.29, 1.82) is 0 Å². The highest BCUT2D eigenvalue weighted by atomic mass is 19.1. The van der Waals surface area contributed by atoms with E-state index in [0.29, 0.717) is 43.1 Å². The van der Waals surface area contributed by atoms with Gasteiger partial charge in [0, 0.05) is 43.9 Å². The topological polar surface area (TPSA) is 106 Å². The second-order valence-electron chi connectivity index (χ2n) is 7.77. The van der Waals surface area contributed by atoms with Crippen molar-refractivity contribution in [1.82, 2.24) is 9.80 Å². The Morgan fingerprint density at radius 2 is 1.65 bits per heavy atom. The van der Waals surface area contributed by atoms with Crippen LogP contribution >= 0.6 is 0 Å². The molecule has 2 heterocycles. The summed E-state index contributed by atoms with van der Waals surface area (Å²) >= 11 is 0. The molecule has 0 radical (unpaired) electrons. The monoisotopic (exact) mass is 467 g/mol. The zero-order chi connectivity index (χ0) is 24.2. The molecule has 3 aromatic rings. The number of hydrogen-bond donors (Lipinski definition) is 0. The first-order valence-electron chi connectivity index (χ1n) is 10.6. The second-order valence-corrected chi connectivity index (χ2v) is 7.77. The number of methoxy groups -OCH3 is 1. The third-order valence-corrected chi connectivity index (χ3v) is 5.76. The number of halogens is 1. The van der Waals surface area contributed by atoms with E-state index in [0.717, 1.165) is 0 Å². The van der Waals surface area contributed by atoms with Crippen molar-refractivity contribution >= 4 is 17.6 Å². The summed E-state index contributed by atoms with van der Waals surface area (Å²) in [5.74, 6) is -0.549. The van der Waals surface area contributed by atoms with Gasteiger partial charge < -0.3 is 14.1 Å². The molecule has 1 aromatic heterocycles. The van der Waals surface area contributed by atoms with Gasteiger partial charge in [-0.05, 0) is 42.0 Å². The van der Waals surface area contributed by atoms with Crippen LogP contribution in [-0.2, 0) is 9.53 Å². The number of rotatable bonds is 6. The molecule has 34 heavy (non-hydrogen) atoms. The molecular formula is C24H22FN3O6. The number of ether oxygens (including phenoxy) is 1. The molecule has 0 aliphatic carbocycles. The number of piperazine rings is 1. The van der Waals surface area contributed by atoms with Crippen LogP contribution in [-0.4, -0.2) is 59.9 Å². The molecule has 1 fully saturated rings. The van der Waals surface area contributed by atoms with Crippen LogP contribution in [0.3, 0.4) is 0 Å². The standard InChI is InChI=1S/C24H22FN3O6/c1-33-24(30)22(17-2-6-18(25)7-3-17)26-12-14-27(15-13-26)23(29)21-11-10-20(34-21)16-4-8-19(9-5-16)28(31)32/h2-11,22H,12-15H2,1H3/t22-/m1/s1. The van der Waals surface area contributed by atoms with Gasteiger partial charge in [-0.2, -0.15) is 0 Å². The van der Waals surface area contributed by atoms with Gasteiger partial charge in [0.05, 0.1) is 12.0 Å². The molecule has 176 valence electrons. The number of benzene rings is 2. The number of nitro groups is 1. The molecule has 9 nitrogen and oxygen atoms in total. The van der Waals surface area contributed by atoms with Crippen molar-refractivity contribution in [2.24, 2.45) is 0 Å². The predicted octanol–water partition coefficient (Wildman–Crippen LogP) is 3.67. The molecule has 0 spiro atoms. The van der Waals surface area contributed by atoms with Crippen LogP contribution in [0.5, 0.6) is 0 Å². The largest absolute Gasteiger partial charge is 0.468 e. The van der Waals surface area contributed by atoms with Gasteiger partial charge in [0.1, 0.15) is 17.6 Å². The minimum Gasteiger partial charge on any atom is -0.468 e. The predicted molar refractivity (Wildman–Crippen MR) is 119 cm³/mol. The lowest BCUT2D eigenvalue weighted by Crippen LogP contribution is -2.51. The molecule has 4 rings (SSSR count). The number of amides is 1. The van der Waals surface area contributed by atoms with Crippen LogP contribution in [0.2, 0.25) is 0 Å². The van der Waals surface area contributed by atoms with Crippen molar-refractivity contribution < 1.29 is 28.1 Å². The van der Waals surface area contributed by atoms with E-state index in [2.05, 4.69) is 0 Å². The number of nitro benzene ring substituents is 1. The molecule has 1 amide bonds. The summed E-state index contributed by atoms with van der Waals surface area (Å²) < 4.78 is 24.0. The van der Waals surface area contributed by atoms with Gasteiger partial charge >= 0.3 is 5.97 Å². The van der Waals surface area contributed by atoms with E-state index in [9.17, 15) is 24.1 Å². The number of non-ortho nitro benzene ring substituents is 1. The van der Waals surface area contributed by atoms with Gasteiger partial charge in [-0.25, -0.2) is 9.18 Å². The lowest BCUT2D eigenvalue weighted by molar-refractivity contribution is -0.384. The van der Waals surface area contributed by atoms with Gasteiger partial charge in [-0.3, -0.25) is 19.8 Å². The molecule has 0 unspecified atom stereocenters. The fourth-order valence-electron chi connectivity index (χ4n) is 3.95. The summed E-state index contributed by atoms with van der Waals surface area (Å²) in [6.07, 6.45) is 0. The van der Waals surface area contributed by atoms with Gasteiger partial charge in [-0.1, -0.05) is 12.1 Å². The van der Waals surface area contributed by atoms with E-state index >= 15 is 0 Å². The smallest absolute Gasteiger partial charge is 0.327 e. The first-order valence-corrected chi connectivity index (χ1v) is 10.6. The number of hydrogen-bond acceptors (Lipinski definition) is 7. The second kappa shape index (κ2) is 9.84. The maximum absolute atomic E-state index is 13.3. The minimum absolute atomic E-state index is 0.0321. The highest BCUT2D eigenvalue weighted by molar-refractivity contribution is 5.92. The van der Waals surface area contributed by atoms with Crippen molar-refractivity contribution in [3.05, 3.63) is 87.9 Å². The maximum Gasteiger partial charge on any atom is 0.327 e. The third kappa shape index (κ3) is 4.81. The van der Waals surface area contributed by atoms with Crippen molar-refractivity contribution in [2.75, 3.05) is 33.3 Å². The number of nitrogens with zero attached hydrogens (tertiary/aromatic N) is 3. The van der Waals surface area contributed by atoms with Gasteiger partial charge in [0.25, 0.3) is 11.6 Å². The summed E-state index contributed by atoms with van der Waals surface area (Å²) in [7, 11) is 1.30. The van der Waals surface area contributed by atoms with E-state index in [-0.39, 0.29) is 17.4 Å². The average molecular weight is 467 g/mol. The summed E-state index contributed by atoms with van der Waals surface area (Å²) in [6.45, 7) is 1.56. The van der Waals surface area contributed by atoms with Crippen LogP contribution in [0, 0.1) is 15.9 Å². The van der Waals surface area contributed by atoms with E-state index in [1.54, 1.807) is 41.3 Å². The maximum atomic E-state index is 13.3. The zero-order valence-electron chi connectivity index (χ0n) is 18.3. The lowest BCUT2D eigenvalue weighted by Gasteiger charge is -2.38. The van der Waals surface area contributed by atoms with Crippen LogP contribution in [0.15, 0.2) is 65.1 Å². The molecule has 0 N–H and O–H groups in total. The average Bonchev–Trinajstić information content (AvgIpc) is 3.35. The highest BCUT2D eigenvalue weighted by Crippen LogP contribution is 2.27. The lowest BCUT2D eigenvalue weighted by atomic mass is 10.0. The minimum atomic E-state index is -0.694. The Bertz CT molecular complexity index is 1180. The molecule has 0 bridgehead atoms. The quantitative estimate of drug-likeness (QED) is 0.309. The highest BCUT2D eigenvalue weighted by Gasteiger charge is 2.33.